The fraction of sp³-hybridized carbons (Fsp3) is 0. The summed E-state index contributed by atoms with van der Waals surface area (Å²) in [6, 6.07) is 75.2. The fourth-order valence-corrected chi connectivity index (χ4v) is 9.67. The van der Waals surface area contributed by atoms with Gasteiger partial charge in [0.25, 0.3) is 0 Å². The second kappa shape index (κ2) is 12.9. The standard InChI is InChI=1S/C52H34N2S/c1-2-15-40-35(13-1)14-11-20-41(40)36-27-29-37(30-28-36)53(38-31-33-39(34-32-38)54-48-23-8-3-16-42(48)43-17-4-9-24-49(43)54)47-22-7-5-18-44(47)45-21-12-26-51-52(45)46-19-6-10-25-50(46)55-51/h1-34H. The van der Waals surface area contributed by atoms with Crippen LogP contribution in [0, 0.1) is 0 Å². The Labute approximate surface area is 323 Å². The van der Waals surface area contributed by atoms with Crippen LogP contribution in [0.15, 0.2) is 206 Å². The minimum absolute atomic E-state index is 1.09. The number of anilines is 3. The molecule has 11 rings (SSSR count). The lowest BCUT2D eigenvalue weighted by Crippen LogP contribution is -2.11. The molecule has 2 nitrogen and oxygen atoms in total. The molecule has 11 aromatic rings. The molecule has 3 heteroatoms. The Hall–Kier alpha value is -6.94. The maximum absolute atomic E-state index is 2.42. The molecule has 0 N–H and O–H groups in total. The van der Waals surface area contributed by atoms with Crippen molar-refractivity contribution in [2.24, 2.45) is 0 Å². The van der Waals surface area contributed by atoms with E-state index in [0.717, 1.165) is 22.7 Å². The van der Waals surface area contributed by atoms with E-state index in [4.69, 9.17) is 0 Å². The van der Waals surface area contributed by atoms with E-state index in [1.807, 2.05) is 11.3 Å². The molecule has 0 atom stereocenters. The van der Waals surface area contributed by atoms with Crippen LogP contribution >= 0.6 is 11.3 Å². The highest BCUT2D eigenvalue weighted by molar-refractivity contribution is 7.25. The van der Waals surface area contributed by atoms with Crippen molar-refractivity contribution in [3.05, 3.63) is 206 Å². The third-order valence-electron chi connectivity index (χ3n) is 11.0. The van der Waals surface area contributed by atoms with Gasteiger partial charge in [-0.1, -0.05) is 140 Å². The molecule has 0 aliphatic carbocycles. The summed E-state index contributed by atoms with van der Waals surface area (Å²) in [5.41, 5.74) is 11.8. The van der Waals surface area contributed by atoms with Crippen molar-refractivity contribution < 1.29 is 0 Å². The van der Waals surface area contributed by atoms with Gasteiger partial charge in [0.15, 0.2) is 0 Å². The maximum atomic E-state index is 2.42. The minimum atomic E-state index is 1.09. The van der Waals surface area contributed by atoms with E-state index in [9.17, 15) is 0 Å². The Morgan fingerprint density at radius 3 is 1.65 bits per heavy atom. The number of aromatic nitrogens is 1. The predicted octanol–water partition coefficient (Wildman–Crippen LogP) is 15.1. The third-order valence-corrected chi connectivity index (χ3v) is 12.1. The Morgan fingerprint density at radius 2 is 0.891 bits per heavy atom. The molecule has 9 aromatic carbocycles. The summed E-state index contributed by atoms with van der Waals surface area (Å²) >= 11 is 1.86. The second-order valence-corrected chi connectivity index (χ2v) is 15.2. The van der Waals surface area contributed by atoms with E-state index in [2.05, 4.69) is 216 Å². The number of rotatable bonds is 6. The first kappa shape index (κ1) is 31.6. The lowest BCUT2D eigenvalue weighted by atomic mass is 9.96. The summed E-state index contributed by atoms with van der Waals surface area (Å²) in [7, 11) is 0. The first-order valence-electron chi connectivity index (χ1n) is 18.8. The molecule has 0 saturated heterocycles. The number of fused-ring (bicyclic) bond motifs is 7. The number of para-hydroxylation sites is 3. The van der Waals surface area contributed by atoms with E-state index < -0.39 is 0 Å². The summed E-state index contributed by atoms with van der Waals surface area (Å²) in [5, 5.41) is 7.64. The van der Waals surface area contributed by atoms with Gasteiger partial charge in [-0.2, -0.15) is 0 Å². The molecule has 0 saturated carbocycles. The van der Waals surface area contributed by atoms with Crippen LogP contribution < -0.4 is 4.90 Å². The molecule has 0 amide bonds. The normalized spacial score (nSPS) is 11.6. The number of hydrogen-bond acceptors (Lipinski definition) is 2. The number of benzene rings is 9. The zero-order valence-electron chi connectivity index (χ0n) is 29.9. The van der Waals surface area contributed by atoms with Gasteiger partial charge in [0, 0.05) is 53.6 Å². The van der Waals surface area contributed by atoms with Gasteiger partial charge in [-0.05, 0) is 94.2 Å². The quantitative estimate of drug-likeness (QED) is 0.166. The zero-order valence-corrected chi connectivity index (χ0v) is 30.7. The second-order valence-electron chi connectivity index (χ2n) is 14.1. The SMILES string of the molecule is c1ccc(N(c2ccc(-c3cccc4ccccc34)cc2)c2ccc(-n3c4ccccc4c4ccccc43)cc2)c(-c2cccc3sc4ccccc4c23)c1. The summed E-state index contributed by atoms with van der Waals surface area (Å²) in [5.74, 6) is 0. The first-order valence-corrected chi connectivity index (χ1v) is 19.6. The van der Waals surface area contributed by atoms with Crippen molar-refractivity contribution in [1.29, 1.82) is 0 Å². The lowest BCUT2D eigenvalue weighted by Gasteiger charge is -2.28. The summed E-state index contributed by atoms with van der Waals surface area (Å²) < 4.78 is 4.99. The highest BCUT2D eigenvalue weighted by Gasteiger charge is 2.21. The van der Waals surface area contributed by atoms with Crippen LogP contribution in [0.1, 0.15) is 0 Å². The number of thiophene rings is 1. The van der Waals surface area contributed by atoms with Gasteiger partial charge in [-0.3, -0.25) is 0 Å². The molecule has 0 fully saturated rings. The van der Waals surface area contributed by atoms with E-state index >= 15 is 0 Å². The van der Waals surface area contributed by atoms with E-state index in [-0.39, 0.29) is 0 Å². The minimum Gasteiger partial charge on any atom is -0.310 e. The van der Waals surface area contributed by atoms with Crippen molar-refractivity contribution >= 4 is 81.1 Å². The molecule has 55 heavy (non-hydrogen) atoms. The fourth-order valence-electron chi connectivity index (χ4n) is 8.54. The topological polar surface area (TPSA) is 8.17 Å². The highest BCUT2D eigenvalue weighted by Crippen LogP contribution is 2.46. The third kappa shape index (κ3) is 5.16. The Morgan fingerprint density at radius 1 is 0.364 bits per heavy atom. The maximum Gasteiger partial charge on any atom is 0.0541 e. The number of hydrogen-bond donors (Lipinski definition) is 0. The zero-order chi connectivity index (χ0) is 36.3. The van der Waals surface area contributed by atoms with Crippen LogP contribution in [0.4, 0.5) is 17.1 Å². The molecule has 0 bridgehead atoms. The molecule has 0 aliphatic rings. The van der Waals surface area contributed by atoms with Gasteiger partial charge in [-0.15, -0.1) is 11.3 Å². The van der Waals surface area contributed by atoms with Crippen LogP contribution in [-0.4, -0.2) is 4.57 Å². The monoisotopic (exact) mass is 718 g/mol. The average molecular weight is 719 g/mol. The molecule has 0 unspecified atom stereocenters. The van der Waals surface area contributed by atoms with Crippen molar-refractivity contribution in [2.75, 3.05) is 4.90 Å². The Bertz CT molecular complexity index is 3150. The van der Waals surface area contributed by atoms with Gasteiger partial charge in [-0.25, -0.2) is 0 Å². The van der Waals surface area contributed by atoms with Crippen molar-refractivity contribution in [2.45, 2.75) is 0 Å². The molecule has 0 aliphatic heterocycles. The van der Waals surface area contributed by atoms with Crippen LogP contribution in [0.2, 0.25) is 0 Å². The summed E-state index contributed by atoms with van der Waals surface area (Å²) in [6.07, 6.45) is 0. The van der Waals surface area contributed by atoms with Gasteiger partial charge >= 0.3 is 0 Å². The van der Waals surface area contributed by atoms with Gasteiger partial charge < -0.3 is 9.47 Å². The Kier molecular flexibility index (Phi) is 7.39. The molecule has 0 radical (unpaired) electrons. The average Bonchev–Trinajstić information content (AvgIpc) is 3.81. The smallest absolute Gasteiger partial charge is 0.0541 e. The summed E-state index contributed by atoms with van der Waals surface area (Å²) in [4.78, 5) is 2.42. The van der Waals surface area contributed by atoms with Crippen LogP contribution in [0.5, 0.6) is 0 Å². The van der Waals surface area contributed by atoms with Crippen LogP contribution in [-0.2, 0) is 0 Å². The lowest BCUT2D eigenvalue weighted by molar-refractivity contribution is 1.17. The van der Waals surface area contributed by atoms with Crippen LogP contribution in [0.25, 0.3) is 80.7 Å². The van der Waals surface area contributed by atoms with Crippen LogP contribution in [0.3, 0.4) is 0 Å². The molecule has 258 valence electrons. The van der Waals surface area contributed by atoms with E-state index in [1.54, 1.807) is 0 Å². The first-order chi connectivity index (χ1) is 27.3. The molecule has 2 aromatic heterocycles. The van der Waals surface area contributed by atoms with Gasteiger partial charge in [0.05, 0.1) is 16.7 Å². The largest absolute Gasteiger partial charge is 0.310 e. The molecule has 0 spiro atoms. The Balaban J connectivity index is 1.10. The van der Waals surface area contributed by atoms with E-state index in [0.29, 0.717) is 0 Å². The van der Waals surface area contributed by atoms with Crippen molar-refractivity contribution in [1.82, 2.24) is 4.57 Å². The molecular formula is C52H34N2S. The number of nitrogens with zero attached hydrogens (tertiary/aromatic N) is 2. The molecule has 2 heterocycles. The van der Waals surface area contributed by atoms with Gasteiger partial charge in [0.2, 0.25) is 0 Å². The summed E-state index contributed by atoms with van der Waals surface area (Å²) in [6.45, 7) is 0. The van der Waals surface area contributed by atoms with Crippen molar-refractivity contribution in [3.8, 4) is 27.9 Å². The van der Waals surface area contributed by atoms with Gasteiger partial charge in [0.1, 0.15) is 0 Å². The van der Waals surface area contributed by atoms with E-state index in [1.165, 1.54) is 75.0 Å². The van der Waals surface area contributed by atoms with Crippen molar-refractivity contribution in [3.63, 3.8) is 0 Å². The predicted molar refractivity (Wildman–Crippen MR) is 237 cm³/mol. The highest BCUT2D eigenvalue weighted by atomic mass is 32.1. The molecular weight excluding hydrogens is 685 g/mol.